The lowest BCUT2D eigenvalue weighted by Gasteiger charge is -2.27. The second-order valence-electron chi connectivity index (χ2n) is 6.45. The topological polar surface area (TPSA) is 84.5 Å². The van der Waals surface area contributed by atoms with E-state index in [-0.39, 0.29) is 30.8 Å². The number of anilines is 2. The monoisotopic (exact) mass is 385 g/mol. The van der Waals surface area contributed by atoms with Crippen LogP contribution in [-0.4, -0.2) is 22.4 Å². The highest BCUT2D eigenvalue weighted by molar-refractivity contribution is 6.31. The lowest BCUT2D eigenvalue weighted by atomic mass is 10.1. The molecule has 2 amide bonds. The molecule has 0 bridgehead atoms. The lowest BCUT2D eigenvalue weighted by molar-refractivity contribution is -0.119. The van der Waals surface area contributed by atoms with Crippen molar-refractivity contribution >= 4 is 45.9 Å². The summed E-state index contributed by atoms with van der Waals surface area (Å²) in [4.78, 5) is 39.0. The first-order valence-electron chi connectivity index (χ1n) is 8.44. The Kier molecular flexibility index (Phi) is 4.24. The molecule has 1 N–H and O–H groups in total. The number of nitrogens with zero attached hydrogens (tertiary/aromatic N) is 2. The van der Waals surface area contributed by atoms with Crippen LogP contribution in [0.4, 0.5) is 11.4 Å². The Bertz CT molecular complexity index is 1120. The molecule has 0 aliphatic carbocycles. The molecule has 1 aliphatic rings. The van der Waals surface area contributed by atoms with Gasteiger partial charge in [-0.15, -0.1) is 0 Å². The molecule has 4 rings (SSSR count). The van der Waals surface area contributed by atoms with Crippen LogP contribution >= 0.6 is 11.6 Å². The molecular weight excluding hydrogens is 370 g/mol. The molecule has 1 aromatic heterocycles. The number of fused-ring (bicyclic) bond motifs is 2. The molecule has 1 aliphatic heterocycles. The average molecular weight is 386 g/mol. The van der Waals surface area contributed by atoms with Gasteiger partial charge in [0.15, 0.2) is 5.58 Å². The number of hydrogen-bond donors (Lipinski definition) is 1. The van der Waals surface area contributed by atoms with E-state index in [0.29, 0.717) is 27.5 Å². The van der Waals surface area contributed by atoms with Gasteiger partial charge in [-0.3, -0.25) is 14.2 Å². The van der Waals surface area contributed by atoms with Gasteiger partial charge < -0.3 is 14.6 Å². The predicted octanol–water partition coefficient (Wildman–Crippen LogP) is 3.01. The van der Waals surface area contributed by atoms with Gasteiger partial charge in [-0.2, -0.15) is 0 Å². The van der Waals surface area contributed by atoms with Crippen LogP contribution in [0.5, 0.6) is 0 Å². The largest absolute Gasteiger partial charge is 0.420 e. The minimum absolute atomic E-state index is 0.161. The zero-order valence-corrected chi connectivity index (χ0v) is 15.2. The SMILES string of the molecule is C[C@H]1CC(=O)Nc2ccccc2N1C(=O)Cn1c(=O)oc2cc(Cl)ccc21. The van der Waals surface area contributed by atoms with E-state index in [0.717, 1.165) is 0 Å². The molecular formula is C19H16ClN3O4. The number of para-hydroxylation sites is 2. The quantitative estimate of drug-likeness (QED) is 0.734. The normalized spacial score (nSPS) is 16.7. The zero-order valence-electron chi connectivity index (χ0n) is 14.4. The van der Waals surface area contributed by atoms with Crippen molar-refractivity contribution in [3.63, 3.8) is 0 Å². The van der Waals surface area contributed by atoms with Crippen LogP contribution in [-0.2, 0) is 16.1 Å². The van der Waals surface area contributed by atoms with E-state index in [9.17, 15) is 14.4 Å². The minimum Gasteiger partial charge on any atom is -0.408 e. The molecule has 3 aromatic rings. The summed E-state index contributed by atoms with van der Waals surface area (Å²) in [6.45, 7) is 1.59. The third kappa shape index (κ3) is 3.10. The summed E-state index contributed by atoms with van der Waals surface area (Å²) in [6.07, 6.45) is 0.164. The molecule has 7 nitrogen and oxygen atoms in total. The van der Waals surface area contributed by atoms with Gasteiger partial charge >= 0.3 is 5.76 Å². The molecule has 0 saturated heterocycles. The van der Waals surface area contributed by atoms with Crippen LogP contribution in [0.2, 0.25) is 5.02 Å². The maximum Gasteiger partial charge on any atom is 0.420 e. The highest BCUT2D eigenvalue weighted by Gasteiger charge is 2.30. The van der Waals surface area contributed by atoms with Crippen LogP contribution in [0.15, 0.2) is 51.7 Å². The summed E-state index contributed by atoms with van der Waals surface area (Å²) in [5.41, 5.74) is 1.98. The lowest BCUT2D eigenvalue weighted by Crippen LogP contribution is -2.42. The number of carbonyl (C=O) groups is 2. The van der Waals surface area contributed by atoms with Crippen molar-refractivity contribution in [1.29, 1.82) is 0 Å². The van der Waals surface area contributed by atoms with Gasteiger partial charge in [0.25, 0.3) is 0 Å². The van der Waals surface area contributed by atoms with Crippen molar-refractivity contribution in [1.82, 2.24) is 4.57 Å². The molecule has 0 unspecified atom stereocenters. The number of carbonyl (C=O) groups excluding carboxylic acids is 2. The maximum atomic E-state index is 13.1. The molecule has 2 heterocycles. The molecule has 2 aromatic carbocycles. The van der Waals surface area contributed by atoms with Crippen LogP contribution in [0.25, 0.3) is 11.1 Å². The molecule has 138 valence electrons. The van der Waals surface area contributed by atoms with E-state index in [1.807, 2.05) is 0 Å². The Balaban J connectivity index is 1.74. The summed E-state index contributed by atoms with van der Waals surface area (Å²) < 4.78 is 6.46. The van der Waals surface area contributed by atoms with E-state index >= 15 is 0 Å². The molecule has 0 spiro atoms. The molecule has 0 fully saturated rings. The molecule has 0 radical (unpaired) electrons. The number of aromatic nitrogens is 1. The van der Waals surface area contributed by atoms with E-state index in [1.165, 1.54) is 10.6 Å². The van der Waals surface area contributed by atoms with Crippen LogP contribution in [0, 0.1) is 0 Å². The van der Waals surface area contributed by atoms with Crippen molar-refractivity contribution in [3.8, 4) is 0 Å². The van der Waals surface area contributed by atoms with Crippen LogP contribution < -0.4 is 16.0 Å². The summed E-state index contributed by atoms with van der Waals surface area (Å²) in [5, 5.41) is 3.25. The fraction of sp³-hybridized carbons (Fsp3) is 0.211. The Morgan fingerprint density at radius 2 is 2.04 bits per heavy atom. The van der Waals surface area contributed by atoms with E-state index < -0.39 is 5.76 Å². The Morgan fingerprint density at radius 1 is 1.26 bits per heavy atom. The number of rotatable bonds is 2. The Labute approximate surface area is 159 Å². The van der Waals surface area contributed by atoms with Crippen molar-refractivity contribution in [2.24, 2.45) is 0 Å². The highest BCUT2D eigenvalue weighted by atomic mass is 35.5. The Morgan fingerprint density at radius 3 is 2.85 bits per heavy atom. The summed E-state index contributed by atoms with van der Waals surface area (Å²) in [5.74, 6) is -1.11. The molecule has 27 heavy (non-hydrogen) atoms. The second kappa shape index (κ2) is 6.59. The number of hydrogen-bond acceptors (Lipinski definition) is 4. The predicted molar refractivity (Wildman–Crippen MR) is 102 cm³/mol. The van der Waals surface area contributed by atoms with Gasteiger partial charge in [-0.05, 0) is 31.2 Å². The summed E-state index contributed by atoms with van der Waals surface area (Å²) >= 11 is 5.93. The van der Waals surface area contributed by atoms with Crippen molar-refractivity contribution in [2.45, 2.75) is 25.9 Å². The standard InChI is InChI=1S/C19H16ClN3O4/c1-11-8-17(24)21-13-4-2-3-5-14(13)23(11)18(25)10-22-15-7-6-12(20)9-16(15)27-19(22)26/h2-7,9,11H,8,10H2,1H3,(H,21,24)/t11-/m0/s1. The third-order valence-corrected chi connectivity index (χ3v) is 4.79. The van der Waals surface area contributed by atoms with Gasteiger partial charge in [0.2, 0.25) is 11.8 Å². The first-order chi connectivity index (χ1) is 12.9. The molecule has 8 heteroatoms. The molecule has 1 atom stereocenters. The second-order valence-corrected chi connectivity index (χ2v) is 6.88. The van der Waals surface area contributed by atoms with Crippen molar-refractivity contribution in [2.75, 3.05) is 10.2 Å². The smallest absolute Gasteiger partial charge is 0.408 e. The van der Waals surface area contributed by atoms with Gasteiger partial charge in [-0.1, -0.05) is 23.7 Å². The minimum atomic E-state index is -0.634. The highest BCUT2D eigenvalue weighted by Crippen LogP contribution is 2.31. The zero-order chi connectivity index (χ0) is 19.1. The summed E-state index contributed by atoms with van der Waals surface area (Å²) in [7, 11) is 0. The van der Waals surface area contributed by atoms with Crippen LogP contribution in [0.1, 0.15) is 13.3 Å². The maximum absolute atomic E-state index is 13.1. The average Bonchev–Trinajstić information content (AvgIpc) is 2.83. The van der Waals surface area contributed by atoms with Gasteiger partial charge in [0.05, 0.1) is 16.9 Å². The summed E-state index contributed by atoms with van der Waals surface area (Å²) in [6, 6.07) is 11.5. The third-order valence-electron chi connectivity index (χ3n) is 4.55. The van der Waals surface area contributed by atoms with Crippen molar-refractivity contribution in [3.05, 3.63) is 58.0 Å². The molecule has 0 saturated carbocycles. The van der Waals surface area contributed by atoms with Gasteiger partial charge in [0, 0.05) is 23.6 Å². The fourth-order valence-electron chi connectivity index (χ4n) is 3.37. The van der Waals surface area contributed by atoms with Gasteiger partial charge in [0.1, 0.15) is 6.54 Å². The van der Waals surface area contributed by atoms with Crippen molar-refractivity contribution < 1.29 is 14.0 Å². The number of halogens is 1. The number of nitrogens with one attached hydrogen (secondary N) is 1. The van der Waals surface area contributed by atoms with Gasteiger partial charge in [-0.25, -0.2) is 4.79 Å². The van der Waals surface area contributed by atoms with E-state index in [2.05, 4.69) is 5.32 Å². The number of benzene rings is 2. The first kappa shape index (κ1) is 17.4. The first-order valence-corrected chi connectivity index (χ1v) is 8.81. The fourth-order valence-corrected chi connectivity index (χ4v) is 3.53. The van der Waals surface area contributed by atoms with Crippen LogP contribution in [0.3, 0.4) is 0 Å². The number of oxazole rings is 1. The Hall–Kier alpha value is -3.06. The van der Waals surface area contributed by atoms with E-state index in [1.54, 1.807) is 48.2 Å². The number of amides is 2. The van der Waals surface area contributed by atoms with E-state index in [4.69, 9.17) is 16.0 Å².